The lowest BCUT2D eigenvalue weighted by Crippen LogP contribution is -2.44. The maximum Gasteiger partial charge on any atom is 0.123 e. The highest BCUT2D eigenvalue weighted by Gasteiger charge is 2.20. The van der Waals surface area contributed by atoms with Gasteiger partial charge in [0, 0.05) is 37.2 Å². The number of piperazine rings is 1. The molecule has 0 bridgehead atoms. The Labute approximate surface area is 100 Å². The van der Waals surface area contributed by atoms with Gasteiger partial charge < -0.3 is 5.32 Å². The van der Waals surface area contributed by atoms with Crippen LogP contribution in [-0.4, -0.2) is 31.1 Å². The van der Waals surface area contributed by atoms with E-state index in [2.05, 4.69) is 17.1 Å². The van der Waals surface area contributed by atoms with Crippen LogP contribution >= 0.6 is 11.6 Å². The van der Waals surface area contributed by atoms with Gasteiger partial charge >= 0.3 is 0 Å². The fourth-order valence-corrected chi connectivity index (χ4v) is 2.38. The van der Waals surface area contributed by atoms with Gasteiger partial charge in [-0.15, -0.1) is 0 Å². The van der Waals surface area contributed by atoms with Gasteiger partial charge in [0.25, 0.3) is 0 Å². The van der Waals surface area contributed by atoms with E-state index in [9.17, 15) is 4.39 Å². The Balaban J connectivity index is 2.18. The molecule has 1 fully saturated rings. The quantitative estimate of drug-likeness (QED) is 0.857. The van der Waals surface area contributed by atoms with E-state index in [0.29, 0.717) is 5.02 Å². The zero-order chi connectivity index (χ0) is 11.5. The highest BCUT2D eigenvalue weighted by molar-refractivity contribution is 6.31. The van der Waals surface area contributed by atoms with Crippen LogP contribution in [0.25, 0.3) is 0 Å². The van der Waals surface area contributed by atoms with Gasteiger partial charge in [-0.05, 0) is 30.7 Å². The monoisotopic (exact) mass is 242 g/mol. The van der Waals surface area contributed by atoms with Crippen molar-refractivity contribution in [2.75, 3.05) is 26.2 Å². The molecule has 0 spiro atoms. The Morgan fingerprint density at radius 1 is 1.38 bits per heavy atom. The highest BCUT2D eigenvalue weighted by Crippen LogP contribution is 2.28. The Morgan fingerprint density at radius 3 is 2.75 bits per heavy atom. The number of halogens is 2. The molecule has 0 saturated carbocycles. The summed E-state index contributed by atoms with van der Waals surface area (Å²) in [6, 6.07) is 4.74. The molecule has 0 amide bonds. The second kappa shape index (κ2) is 5.13. The Kier molecular flexibility index (Phi) is 3.79. The smallest absolute Gasteiger partial charge is 0.123 e. The summed E-state index contributed by atoms with van der Waals surface area (Å²) in [6.07, 6.45) is 0. The van der Waals surface area contributed by atoms with Crippen LogP contribution in [0.5, 0.6) is 0 Å². The molecule has 1 atom stereocenters. The van der Waals surface area contributed by atoms with E-state index in [0.717, 1.165) is 31.7 Å². The topological polar surface area (TPSA) is 15.3 Å². The number of nitrogens with zero attached hydrogens (tertiary/aromatic N) is 1. The zero-order valence-electron chi connectivity index (χ0n) is 9.34. The molecule has 4 heteroatoms. The number of rotatable bonds is 2. The molecule has 1 heterocycles. The van der Waals surface area contributed by atoms with Crippen molar-refractivity contribution in [3.63, 3.8) is 0 Å². The van der Waals surface area contributed by atoms with E-state index < -0.39 is 0 Å². The number of benzene rings is 1. The van der Waals surface area contributed by atoms with Crippen LogP contribution in [0.15, 0.2) is 18.2 Å². The summed E-state index contributed by atoms with van der Waals surface area (Å²) in [5, 5.41) is 3.94. The maximum atomic E-state index is 13.2. The first kappa shape index (κ1) is 11.8. The van der Waals surface area contributed by atoms with Gasteiger partial charge in [-0.2, -0.15) is 0 Å². The molecular formula is C12H16ClFN2. The number of hydrogen-bond acceptors (Lipinski definition) is 2. The summed E-state index contributed by atoms with van der Waals surface area (Å²) in [4.78, 5) is 2.32. The average Bonchev–Trinajstić information content (AvgIpc) is 2.32. The first-order chi connectivity index (χ1) is 7.68. The molecule has 1 aliphatic heterocycles. The van der Waals surface area contributed by atoms with E-state index in [-0.39, 0.29) is 11.9 Å². The molecule has 2 rings (SSSR count). The summed E-state index contributed by atoms with van der Waals surface area (Å²) in [7, 11) is 0. The van der Waals surface area contributed by atoms with E-state index in [1.807, 2.05) is 0 Å². The molecule has 0 aromatic heterocycles. The first-order valence-corrected chi connectivity index (χ1v) is 5.96. The lowest BCUT2D eigenvalue weighted by molar-refractivity contribution is 0.185. The fourth-order valence-electron chi connectivity index (χ4n) is 2.10. The molecule has 1 aliphatic rings. The SMILES string of the molecule is CC(c1cc(F)ccc1Cl)N1CCNCC1. The second-order valence-electron chi connectivity index (χ2n) is 4.13. The van der Waals surface area contributed by atoms with Crippen molar-refractivity contribution >= 4 is 11.6 Å². The van der Waals surface area contributed by atoms with E-state index in [1.54, 1.807) is 6.07 Å². The van der Waals surface area contributed by atoms with Crippen LogP contribution in [0, 0.1) is 5.82 Å². The van der Waals surface area contributed by atoms with Crippen LogP contribution in [0.1, 0.15) is 18.5 Å². The summed E-state index contributed by atoms with van der Waals surface area (Å²) >= 11 is 6.10. The van der Waals surface area contributed by atoms with E-state index in [1.165, 1.54) is 12.1 Å². The van der Waals surface area contributed by atoms with Gasteiger partial charge in [0.2, 0.25) is 0 Å². The predicted molar refractivity (Wildman–Crippen MR) is 64.3 cm³/mol. The lowest BCUT2D eigenvalue weighted by Gasteiger charge is -2.33. The van der Waals surface area contributed by atoms with Crippen molar-refractivity contribution in [3.05, 3.63) is 34.6 Å². The zero-order valence-corrected chi connectivity index (χ0v) is 10.1. The van der Waals surface area contributed by atoms with Crippen LogP contribution < -0.4 is 5.32 Å². The van der Waals surface area contributed by atoms with Gasteiger partial charge in [0.1, 0.15) is 5.82 Å². The van der Waals surface area contributed by atoms with Crippen LogP contribution in [0.3, 0.4) is 0 Å². The Hall–Kier alpha value is -0.640. The fraction of sp³-hybridized carbons (Fsp3) is 0.500. The molecule has 16 heavy (non-hydrogen) atoms. The standard InChI is InChI=1S/C12H16ClFN2/c1-9(16-6-4-15-5-7-16)11-8-10(14)2-3-12(11)13/h2-3,8-9,15H,4-7H2,1H3. The molecule has 2 nitrogen and oxygen atoms in total. The van der Waals surface area contributed by atoms with Gasteiger partial charge in [-0.1, -0.05) is 11.6 Å². The normalized spacial score (nSPS) is 19.7. The third-order valence-corrected chi connectivity index (χ3v) is 3.45. The minimum Gasteiger partial charge on any atom is -0.314 e. The number of nitrogens with one attached hydrogen (secondary N) is 1. The van der Waals surface area contributed by atoms with Gasteiger partial charge in [0.15, 0.2) is 0 Å². The molecule has 1 N–H and O–H groups in total. The minimum absolute atomic E-state index is 0.172. The molecule has 1 saturated heterocycles. The van der Waals surface area contributed by atoms with Crippen molar-refractivity contribution in [2.45, 2.75) is 13.0 Å². The second-order valence-corrected chi connectivity index (χ2v) is 4.53. The maximum absolute atomic E-state index is 13.2. The molecule has 88 valence electrons. The lowest BCUT2D eigenvalue weighted by atomic mass is 10.1. The van der Waals surface area contributed by atoms with E-state index >= 15 is 0 Å². The minimum atomic E-state index is -0.221. The van der Waals surface area contributed by atoms with Crippen molar-refractivity contribution < 1.29 is 4.39 Å². The summed E-state index contributed by atoms with van der Waals surface area (Å²) in [6.45, 7) is 6.00. The predicted octanol–water partition coefficient (Wildman–Crippen LogP) is 2.45. The average molecular weight is 243 g/mol. The van der Waals surface area contributed by atoms with Crippen LogP contribution in [0.2, 0.25) is 5.02 Å². The van der Waals surface area contributed by atoms with Gasteiger partial charge in [-0.3, -0.25) is 4.90 Å². The molecule has 1 aromatic rings. The van der Waals surface area contributed by atoms with Gasteiger partial charge in [-0.25, -0.2) is 4.39 Å². The molecule has 0 radical (unpaired) electrons. The Bertz CT molecular complexity index is 364. The van der Waals surface area contributed by atoms with Crippen molar-refractivity contribution in [3.8, 4) is 0 Å². The molecule has 0 aliphatic carbocycles. The summed E-state index contributed by atoms with van der Waals surface area (Å²) in [5.41, 5.74) is 0.878. The van der Waals surface area contributed by atoms with E-state index in [4.69, 9.17) is 11.6 Å². The van der Waals surface area contributed by atoms with Crippen molar-refractivity contribution in [2.24, 2.45) is 0 Å². The summed E-state index contributed by atoms with van der Waals surface area (Å²) in [5.74, 6) is -0.221. The largest absolute Gasteiger partial charge is 0.314 e. The molecule has 1 unspecified atom stereocenters. The molecular weight excluding hydrogens is 227 g/mol. The van der Waals surface area contributed by atoms with Gasteiger partial charge in [0.05, 0.1) is 0 Å². The number of hydrogen-bond donors (Lipinski definition) is 1. The van der Waals surface area contributed by atoms with Crippen LogP contribution in [0.4, 0.5) is 4.39 Å². The third-order valence-electron chi connectivity index (χ3n) is 3.11. The highest BCUT2D eigenvalue weighted by atomic mass is 35.5. The van der Waals surface area contributed by atoms with Crippen molar-refractivity contribution in [1.29, 1.82) is 0 Å². The van der Waals surface area contributed by atoms with Crippen molar-refractivity contribution in [1.82, 2.24) is 10.2 Å². The molecule has 1 aromatic carbocycles. The Morgan fingerprint density at radius 2 is 2.06 bits per heavy atom. The van der Waals surface area contributed by atoms with Crippen LogP contribution in [-0.2, 0) is 0 Å². The third kappa shape index (κ3) is 2.54. The summed E-state index contributed by atoms with van der Waals surface area (Å²) < 4.78 is 13.2. The first-order valence-electron chi connectivity index (χ1n) is 5.58.